The lowest BCUT2D eigenvalue weighted by molar-refractivity contribution is 0.102. The molecule has 0 saturated heterocycles. The highest BCUT2D eigenvalue weighted by molar-refractivity contribution is 9.10. The van der Waals surface area contributed by atoms with Crippen LogP contribution in [-0.4, -0.2) is 17.5 Å². The first-order valence-electron chi connectivity index (χ1n) is 10.1. The van der Waals surface area contributed by atoms with Gasteiger partial charge in [0.2, 0.25) is 0 Å². The first-order chi connectivity index (χ1) is 14.9. The largest absolute Gasteiger partial charge is 0.493 e. The summed E-state index contributed by atoms with van der Waals surface area (Å²) in [6.45, 7) is 6.58. The Balaban J connectivity index is 1.44. The van der Waals surface area contributed by atoms with Crippen LogP contribution in [0.25, 0.3) is 11.1 Å². The van der Waals surface area contributed by atoms with Gasteiger partial charge in [0, 0.05) is 17.7 Å². The molecular formula is C25H23BrN2O3. The molecule has 1 aromatic heterocycles. The van der Waals surface area contributed by atoms with Crippen LogP contribution < -0.4 is 10.1 Å². The maximum atomic E-state index is 12.6. The fraction of sp³-hybridized carbons (Fsp3) is 0.200. The minimum atomic E-state index is -0.179. The summed E-state index contributed by atoms with van der Waals surface area (Å²) in [6, 6.07) is 17.1. The smallest absolute Gasteiger partial charge is 0.255 e. The lowest BCUT2D eigenvalue weighted by atomic mass is 10.1. The van der Waals surface area contributed by atoms with E-state index in [-0.39, 0.29) is 5.91 Å². The van der Waals surface area contributed by atoms with Crippen LogP contribution in [0.2, 0.25) is 0 Å². The Kier molecular flexibility index (Phi) is 6.09. The molecule has 0 aliphatic carbocycles. The Labute approximate surface area is 189 Å². The zero-order valence-corrected chi connectivity index (χ0v) is 19.2. The standard InChI is InChI=1S/C25H23BrN2O3/c1-4-30-22-10-7-18(14-20(22)26)25(29)27-19-8-5-17(6-9-19)13-23-28-21-12-15(2)11-16(3)24(21)31-23/h5-12,14H,4,13H2,1-3H3,(H,27,29). The lowest BCUT2D eigenvalue weighted by Crippen LogP contribution is -2.12. The fourth-order valence-electron chi connectivity index (χ4n) is 3.50. The minimum Gasteiger partial charge on any atom is -0.493 e. The number of nitrogens with one attached hydrogen (secondary N) is 1. The van der Waals surface area contributed by atoms with Crippen molar-refractivity contribution in [2.45, 2.75) is 27.2 Å². The predicted molar refractivity (Wildman–Crippen MR) is 126 cm³/mol. The Hall–Kier alpha value is -3.12. The summed E-state index contributed by atoms with van der Waals surface area (Å²) < 4.78 is 12.2. The number of ether oxygens (including phenoxy) is 1. The molecule has 6 heteroatoms. The molecule has 0 aliphatic rings. The first-order valence-corrected chi connectivity index (χ1v) is 10.9. The van der Waals surface area contributed by atoms with Gasteiger partial charge in [-0.1, -0.05) is 18.2 Å². The van der Waals surface area contributed by atoms with Crippen molar-refractivity contribution in [1.29, 1.82) is 0 Å². The van der Waals surface area contributed by atoms with E-state index in [1.54, 1.807) is 18.2 Å². The molecule has 158 valence electrons. The van der Waals surface area contributed by atoms with E-state index in [2.05, 4.69) is 39.2 Å². The second-order valence-electron chi connectivity index (χ2n) is 7.44. The Morgan fingerprint density at radius 3 is 2.58 bits per heavy atom. The summed E-state index contributed by atoms with van der Waals surface area (Å²) in [6.07, 6.45) is 0.591. The predicted octanol–water partition coefficient (Wildman–Crippen LogP) is 6.45. The number of fused-ring (bicyclic) bond motifs is 1. The number of hydrogen-bond donors (Lipinski definition) is 1. The number of rotatable bonds is 6. The molecule has 4 aromatic rings. The van der Waals surface area contributed by atoms with Crippen molar-refractivity contribution in [2.75, 3.05) is 11.9 Å². The number of carbonyl (C=O) groups is 1. The molecule has 5 nitrogen and oxygen atoms in total. The second-order valence-corrected chi connectivity index (χ2v) is 8.30. The van der Waals surface area contributed by atoms with Crippen molar-refractivity contribution in [1.82, 2.24) is 4.98 Å². The fourth-order valence-corrected chi connectivity index (χ4v) is 3.99. The number of hydrogen-bond acceptors (Lipinski definition) is 4. The van der Waals surface area contributed by atoms with E-state index >= 15 is 0 Å². The summed E-state index contributed by atoms with van der Waals surface area (Å²) in [5, 5.41) is 2.92. The molecule has 0 atom stereocenters. The van der Waals surface area contributed by atoms with E-state index < -0.39 is 0 Å². The zero-order valence-electron chi connectivity index (χ0n) is 17.7. The highest BCUT2D eigenvalue weighted by Gasteiger charge is 2.12. The molecule has 0 unspecified atom stereocenters. The Morgan fingerprint density at radius 1 is 1.10 bits per heavy atom. The number of nitrogens with zero attached hydrogens (tertiary/aromatic N) is 1. The van der Waals surface area contributed by atoms with Crippen LogP contribution in [0.3, 0.4) is 0 Å². The molecule has 1 N–H and O–H groups in total. The number of halogens is 1. The minimum absolute atomic E-state index is 0.179. The van der Waals surface area contributed by atoms with Crippen molar-refractivity contribution < 1.29 is 13.9 Å². The van der Waals surface area contributed by atoms with E-state index in [4.69, 9.17) is 9.15 Å². The van der Waals surface area contributed by atoms with Gasteiger partial charge in [0.1, 0.15) is 11.3 Å². The van der Waals surface area contributed by atoms with E-state index in [0.29, 0.717) is 30.2 Å². The molecule has 0 bridgehead atoms. The third kappa shape index (κ3) is 4.80. The topological polar surface area (TPSA) is 64.4 Å². The van der Waals surface area contributed by atoms with Crippen LogP contribution in [0, 0.1) is 13.8 Å². The summed E-state index contributed by atoms with van der Waals surface area (Å²) in [7, 11) is 0. The van der Waals surface area contributed by atoms with Gasteiger partial charge in [0.15, 0.2) is 11.5 Å². The van der Waals surface area contributed by atoms with Crippen LogP contribution in [0.4, 0.5) is 5.69 Å². The van der Waals surface area contributed by atoms with Gasteiger partial charge < -0.3 is 14.5 Å². The Morgan fingerprint density at radius 2 is 1.87 bits per heavy atom. The lowest BCUT2D eigenvalue weighted by Gasteiger charge is -2.09. The highest BCUT2D eigenvalue weighted by Crippen LogP contribution is 2.27. The summed E-state index contributed by atoms with van der Waals surface area (Å²) >= 11 is 3.44. The van der Waals surface area contributed by atoms with Crippen molar-refractivity contribution in [3.8, 4) is 5.75 Å². The van der Waals surface area contributed by atoms with Crippen molar-refractivity contribution >= 4 is 38.6 Å². The van der Waals surface area contributed by atoms with Crippen LogP contribution in [0.5, 0.6) is 5.75 Å². The summed E-state index contributed by atoms with van der Waals surface area (Å²) in [5.41, 5.74) is 6.32. The molecule has 0 spiro atoms. The average molecular weight is 479 g/mol. The normalized spacial score (nSPS) is 11.0. The van der Waals surface area contributed by atoms with E-state index in [1.807, 2.05) is 44.2 Å². The monoisotopic (exact) mass is 478 g/mol. The quantitative estimate of drug-likeness (QED) is 0.345. The molecule has 0 aliphatic heterocycles. The number of anilines is 1. The van der Waals surface area contributed by atoms with Crippen LogP contribution in [0.15, 0.2) is 63.5 Å². The molecular weight excluding hydrogens is 456 g/mol. The number of benzene rings is 3. The van der Waals surface area contributed by atoms with Gasteiger partial charge in [0.25, 0.3) is 5.91 Å². The van der Waals surface area contributed by atoms with Crippen LogP contribution in [-0.2, 0) is 6.42 Å². The van der Waals surface area contributed by atoms with Crippen LogP contribution >= 0.6 is 15.9 Å². The number of aryl methyl sites for hydroxylation is 2. The van der Waals surface area contributed by atoms with Gasteiger partial charge in [-0.3, -0.25) is 4.79 Å². The molecule has 0 radical (unpaired) electrons. The Bertz CT molecular complexity index is 1250. The van der Waals surface area contributed by atoms with E-state index in [9.17, 15) is 4.79 Å². The van der Waals surface area contributed by atoms with Crippen molar-refractivity contribution in [3.63, 3.8) is 0 Å². The van der Waals surface area contributed by atoms with Gasteiger partial charge in [-0.05, 0) is 89.8 Å². The van der Waals surface area contributed by atoms with E-state index in [0.717, 1.165) is 32.4 Å². The second kappa shape index (κ2) is 8.94. The molecule has 1 amide bonds. The molecule has 1 heterocycles. The molecule has 0 fully saturated rings. The number of amides is 1. The summed E-state index contributed by atoms with van der Waals surface area (Å²) in [5.74, 6) is 1.22. The molecule has 0 saturated carbocycles. The van der Waals surface area contributed by atoms with Gasteiger partial charge in [-0.25, -0.2) is 4.98 Å². The molecule has 31 heavy (non-hydrogen) atoms. The van der Waals surface area contributed by atoms with Crippen molar-refractivity contribution in [3.05, 3.63) is 87.2 Å². The third-order valence-corrected chi connectivity index (χ3v) is 5.55. The number of oxazole rings is 1. The molecule has 3 aromatic carbocycles. The van der Waals surface area contributed by atoms with Crippen LogP contribution in [0.1, 0.15) is 39.9 Å². The maximum absolute atomic E-state index is 12.6. The van der Waals surface area contributed by atoms with Gasteiger partial charge in [0.05, 0.1) is 11.1 Å². The average Bonchev–Trinajstić information content (AvgIpc) is 3.13. The third-order valence-electron chi connectivity index (χ3n) is 4.93. The van der Waals surface area contributed by atoms with Gasteiger partial charge in [-0.2, -0.15) is 0 Å². The summed E-state index contributed by atoms with van der Waals surface area (Å²) in [4.78, 5) is 17.2. The highest BCUT2D eigenvalue weighted by atomic mass is 79.9. The molecule has 4 rings (SSSR count). The number of aromatic nitrogens is 1. The number of carbonyl (C=O) groups excluding carboxylic acids is 1. The first kappa shape index (κ1) is 21.1. The van der Waals surface area contributed by atoms with E-state index in [1.165, 1.54) is 5.56 Å². The zero-order chi connectivity index (χ0) is 22.0. The van der Waals surface area contributed by atoms with Gasteiger partial charge in [-0.15, -0.1) is 0 Å². The maximum Gasteiger partial charge on any atom is 0.255 e. The SMILES string of the molecule is CCOc1ccc(C(=O)Nc2ccc(Cc3nc4cc(C)cc(C)c4o3)cc2)cc1Br. The van der Waals surface area contributed by atoms with Gasteiger partial charge >= 0.3 is 0 Å². The van der Waals surface area contributed by atoms with Crippen molar-refractivity contribution in [2.24, 2.45) is 0 Å².